The lowest BCUT2D eigenvalue weighted by molar-refractivity contribution is -0.199. The van der Waals surface area contributed by atoms with E-state index in [2.05, 4.69) is 40.8 Å². The molecule has 3 rings (SSSR count). The molecule has 0 spiro atoms. The quantitative estimate of drug-likeness (QED) is 0.260. The molecule has 0 amide bonds. The van der Waals surface area contributed by atoms with Crippen molar-refractivity contribution in [1.82, 2.24) is 9.88 Å². The Morgan fingerprint density at radius 2 is 1.67 bits per heavy atom. The van der Waals surface area contributed by atoms with E-state index in [0.717, 1.165) is 33.4 Å². The number of rotatable bonds is 9. The topological polar surface area (TPSA) is 91.8 Å². The largest absolute Gasteiger partial charge is 0.493 e. The Morgan fingerprint density at radius 3 is 2.18 bits per heavy atom. The third kappa shape index (κ3) is 7.22. The second-order valence-electron chi connectivity index (χ2n) is 9.37. The van der Waals surface area contributed by atoms with E-state index in [4.69, 9.17) is 0 Å². The Morgan fingerprint density at radius 1 is 1.08 bits per heavy atom. The standard InChI is InChI=1S/C24H25F5N4O4S2/c1-23(2,3)32(4)12-16-8-6-5-7-15(16)11-30-17-9-18(25)21(19(26)10-17)39(35,36)33(20-13-38-14-31-20)37-22(34)24(27,28)29/h5-10,13-14,30H,11-12H2,1-4H3. The number of hydrogen-bond acceptors (Lipinski definition) is 8. The first-order chi connectivity index (χ1) is 18.0. The number of carbonyl (C=O) groups excluding carboxylic acids is 1. The minimum absolute atomic E-state index is 0.116. The van der Waals surface area contributed by atoms with Gasteiger partial charge in [-0.25, -0.2) is 18.6 Å². The molecular weight excluding hydrogens is 567 g/mol. The Balaban J connectivity index is 1.89. The smallest absolute Gasteiger partial charge is 0.381 e. The molecule has 212 valence electrons. The van der Waals surface area contributed by atoms with E-state index in [1.54, 1.807) is 6.07 Å². The maximum atomic E-state index is 15.0. The minimum atomic E-state index is -5.59. The summed E-state index contributed by atoms with van der Waals surface area (Å²) < 4.78 is 93.7. The minimum Gasteiger partial charge on any atom is -0.381 e. The average molecular weight is 593 g/mol. The second kappa shape index (κ2) is 11.4. The fourth-order valence-electron chi connectivity index (χ4n) is 3.21. The number of nitrogens with one attached hydrogen (secondary N) is 1. The fraction of sp³-hybridized carbons (Fsp3) is 0.333. The van der Waals surface area contributed by atoms with Crippen molar-refractivity contribution in [2.24, 2.45) is 0 Å². The predicted molar refractivity (Wildman–Crippen MR) is 135 cm³/mol. The number of anilines is 2. The zero-order valence-electron chi connectivity index (χ0n) is 21.2. The molecule has 8 nitrogen and oxygen atoms in total. The fourth-order valence-corrected chi connectivity index (χ4v) is 5.07. The molecule has 2 aromatic carbocycles. The van der Waals surface area contributed by atoms with Gasteiger partial charge in [-0.15, -0.1) is 11.3 Å². The first-order valence-corrected chi connectivity index (χ1v) is 13.6. The molecule has 0 saturated heterocycles. The van der Waals surface area contributed by atoms with Gasteiger partial charge in [-0.2, -0.15) is 21.6 Å². The van der Waals surface area contributed by atoms with Crippen molar-refractivity contribution in [2.45, 2.75) is 50.5 Å². The molecule has 0 radical (unpaired) electrons. The molecule has 0 atom stereocenters. The van der Waals surface area contributed by atoms with E-state index in [0.29, 0.717) is 18.7 Å². The van der Waals surface area contributed by atoms with Crippen LogP contribution in [-0.2, 0) is 32.7 Å². The van der Waals surface area contributed by atoms with Crippen molar-refractivity contribution in [2.75, 3.05) is 16.8 Å². The molecule has 1 heterocycles. The molecule has 0 aliphatic carbocycles. The number of benzene rings is 2. The average Bonchev–Trinajstić information content (AvgIpc) is 3.34. The van der Waals surface area contributed by atoms with Gasteiger partial charge >= 0.3 is 22.2 Å². The van der Waals surface area contributed by atoms with Crippen molar-refractivity contribution < 1.29 is 40.0 Å². The third-order valence-electron chi connectivity index (χ3n) is 5.63. The van der Waals surface area contributed by atoms with Gasteiger partial charge in [0.2, 0.25) is 0 Å². The molecule has 0 saturated carbocycles. The number of aromatic nitrogens is 1. The van der Waals surface area contributed by atoms with E-state index in [9.17, 15) is 26.4 Å². The van der Waals surface area contributed by atoms with E-state index in [1.807, 2.05) is 25.2 Å². The first-order valence-electron chi connectivity index (χ1n) is 11.3. The van der Waals surface area contributed by atoms with Crippen molar-refractivity contribution in [3.05, 3.63) is 70.1 Å². The Hall–Kier alpha value is -3.30. The van der Waals surface area contributed by atoms with Gasteiger partial charge in [0.15, 0.2) is 10.7 Å². The molecule has 0 aliphatic rings. The van der Waals surface area contributed by atoms with Crippen LogP contribution in [0.1, 0.15) is 31.9 Å². The Labute approximate surface area is 226 Å². The predicted octanol–water partition coefficient (Wildman–Crippen LogP) is 5.48. The maximum Gasteiger partial charge on any atom is 0.493 e. The number of halogens is 5. The Kier molecular flexibility index (Phi) is 8.87. The zero-order valence-corrected chi connectivity index (χ0v) is 22.8. The monoisotopic (exact) mass is 592 g/mol. The van der Waals surface area contributed by atoms with Crippen LogP contribution in [0.4, 0.5) is 33.5 Å². The second-order valence-corrected chi connectivity index (χ2v) is 11.8. The highest BCUT2D eigenvalue weighted by molar-refractivity contribution is 7.92. The lowest BCUT2D eigenvalue weighted by atomic mass is 10.0. The van der Waals surface area contributed by atoms with Gasteiger partial charge in [-0.05, 0) is 51.1 Å². The molecular formula is C24H25F5N4O4S2. The van der Waals surface area contributed by atoms with Crippen molar-refractivity contribution in [1.29, 1.82) is 0 Å². The van der Waals surface area contributed by atoms with E-state index >= 15 is 8.78 Å². The molecule has 1 N–H and O–H groups in total. The van der Waals surface area contributed by atoms with Gasteiger partial charge in [0.1, 0.15) is 11.6 Å². The molecule has 3 aromatic rings. The van der Waals surface area contributed by atoms with Crippen LogP contribution in [0.15, 0.2) is 52.2 Å². The van der Waals surface area contributed by atoms with Gasteiger partial charge in [0.25, 0.3) is 0 Å². The summed E-state index contributed by atoms with van der Waals surface area (Å²) in [6.07, 6.45) is -5.59. The van der Waals surface area contributed by atoms with Gasteiger partial charge in [0, 0.05) is 29.7 Å². The van der Waals surface area contributed by atoms with Crippen LogP contribution < -0.4 is 9.79 Å². The summed E-state index contributed by atoms with van der Waals surface area (Å²) in [6, 6.07) is 8.73. The van der Waals surface area contributed by atoms with E-state index in [-0.39, 0.29) is 17.8 Å². The van der Waals surface area contributed by atoms with Crippen molar-refractivity contribution in [3.63, 3.8) is 0 Å². The molecule has 39 heavy (non-hydrogen) atoms. The van der Waals surface area contributed by atoms with Crippen LogP contribution in [-0.4, -0.2) is 43.0 Å². The molecule has 0 unspecified atom stereocenters. The number of carbonyl (C=O) groups is 1. The summed E-state index contributed by atoms with van der Waals surface area (Å²) in [7, 11) is -3.55. The Bertz CT molecular complexity index is 1400. The number of thiazole rings is 1. The molecule has 1 aromatic heterocycles. The number of sulfonamides is 1. The van der Waals surface area contributed by atoms with Gasteiger partial charge < -0.3 is 10.2 Å². The van der Waals surface area contributed by atoms with Crippen LogP contribution >= 0.6 is 11.3 Å². The summed E-state index contributed by atoms with van der Waals surface area (Å²) in [5, 5.41) is 3.75. The van der Waals surface area contributed by atoms with E-state index in [1.165, 1.54) is 0 Å². The highest BCUT2D eigenvalue weighted by atomic mass is 32.2. The third-order valence-corrected chi connectivity index (χ3v) is 7.81. The summed E-state index contributed by atoms with van der Waals surface area (Å²) in [4.78, 5) is 19.3. The highest BCUT2D eigenvalue weighted by Gasteiger charge is 2.46. The molecule has 0 fully saturated rings. The summed E-state index contributed by atoms with van der Waals surface area (Å²) >= 11 is 0.745. The van der Waals surface area contributed by atoms with Crippen molar-refractivity contribution in [3.8, 4) is 0 Å². The zero-order chi connectivity index (χ0) is 29.2. The molecule has 0 bridgehead atoms. The van der Waals surface area contributed by atoms with Crippen molar-refractivity contribution >= 4 is 38.8 Å². The van der Waals surface area contributed by atoms with E-state index < -0.39 is 49.0 Å². The van der Waals surface area contributed by atoms with Crippen LogP contribution in [0.3, 0.4) is 0 Å². The van der Waals surface area contributed by atoms with Gasteiger partial charge in [-0.3, -0.25) is 4.90 Å². The van der Waals surface area contributed by atoms with Crippen LogP contribution in [0.25, 0.3) is 0 Å². The van der Waals surface area contributed by atoms with Gasteiger partial charge in [0.05, 0.1) is 5.51 Å². The lowest BCUT2D eigenvalue weighted by Gasteiger charge is -2.32. The number of hydrogen-bond donors (Lipinski definition) is 1. The summed E-state index contributed by atoms with van der Waals surface area (Å²) in [6.45, 7) is 6.87. The number of alkyl halides is 3. The summed E-state index contributed by atoms with van der Waals surface area (Å²) in [5.41, 5.74) is 2.55. The first kappa shape index (κ1) is 30.2. The van der Waals surface area contributed by atoms with Crippen LogP contribution in [0.2, 0.25) is 0 Å². The molecule has 15 heteroatoms. The van der Waals surface area contributed by atoms with Crippen LogP contribution in [0.5, 0.6) is 0 Å². The SMILES string of the molecule is CN(Cc1ccccc1CNc1cc(F)c(S(=O)(=O)N(OC(=O)C(F)(F)F)c2cscn2)c(F)c1)C(C)(C)C. The number of nitrogens with zero attached hydrogens (tertiary/aromatic N) is 3. The summed E-state index contributed by atoms with van der Waals surface area (Å²) in [5.74, 6) is -6.97. The highest BCUT2D eigenvalue weighted by Crippen LogP contribution is 2.31. The molecule has 0 aliphatic heterocycles. The lowest BCUT2D eigenvalue weighted by Crippen LogP contribution is -2.39. The maximum absolute atomic E-state index is 15.0. The van der Waals surface area contributed by atoms with Crippen LogP contribution in [0, 0.1) is 11.6 Å². The normalized spacial score (nSPS) is 12.5. The van der Waals surface area contributed by atoms with Gasteiger partial charge in [-0.1, -0.05) is 28.7 Å².